The largest absolute Gasteiger partial charge is 0.481 e. The second kappa shape index (κ2) is 9.56. The number of furan rings is 1. The summed E-state index contributed by atoms with van der Waals surface area (Å²) >= 11 is 12.2. The number of thiocarbonyl (C=S) groups is 1. The van der Waals surface area contributed by atoms with Crippen LogP contribution in [-0.2, 0) is 9.59 Å². The predicted octanol–water partition coefficient (Wildman–Crippen LogP) is 5.59. The van der Waals surface area contributed by atoms with Crippen molar-refractivity contribution in [2.75, 3.05) is 6.54 Å². The summed E-state index contributed by atoms with van der Waals surface area (Å²) in [4.78, 5) is 25.1. The smallest absolute Gasteiger partial charge is 0.303 e. The Kier molecular flexibility index (Phi) is 7.10. The molecule has 0 spiro atoms. The molecule has 0 aliphatic carbocycles. The molecule has 1 N–H and O–H groups in total. The summed E-state index contributed by atoms with van der Waals surface area (Å²) in [5.41, 5.74) is 0.542. The molecule has 0 saturated carbocycles. The fraction of sp³-hybridized carbons (Fsp3) is 0.250. The number of benzene rings is 1. The lowest BCUT2D eigenvalue weighted by Gasteiger charge is -2.13. The van der Waals surface area contributed by atoms with Crippen LogP contribution in [0.3, 0.4) is 0 Å². The summed E-state index contributed by atoms with van der Waals surface area (Å²) in [5.74, 6) is -0.643. The minimum Gasteiger partial charge on any atom is -0.481 e. The first kappa shape index (κ1) is 21.5. The average Bonchev–Trinajstić information content (AvgIpc) is 3.23. The molecule has 1 saturated heterocycles. The van der Waals surface area contributed by atoms with E-state index in [1.165, 1.54) is 28.8 Å². The lowest BCUT2D eigenvalue weighted by molar-refractivity contribution is -0.137. The SMILES string of the molecule is O=C(O)CCCCCN1C(=O)C(=Cc2ccc(-c3ccc(Cl)c(F)c3)o2)SC1=S. The first-order valence-electron chi connectivity index (χ1n) is 8.87. The monoisotopic (exact) mass is 453 g/mol. The maximum absolute atomic E-state index is 13.6. The summed E-state index contributed by atoms with van der Waals surface area (Å²) in [6.45, 7) is 0.453. The van der Waals surface area contributed by atoms with Gasteiger partial charge < -0.3 is 9.52 Å². The van der Waals surface area contributed by atoms with Crippen LogP contribution < -0.4 is 0 Å². The zero-order valence-electron chi connectivity index (χ0n) is 15.2. The standard InChI is InChI=1S/C20H17ClFNO4S2/c21-14-7-5-12(10-15(14)22)16-8-6-13(27-16)11-17-19(26)23(20(28)29-17)9-3-1-2-4-18(24)25/h5-8,10-11H,1-4,9H2,(H,24,25). The molecule has 1 amide bonds. The molecule has 2 heterocycles. The van der Waals surface area contributed by atoms with E-state index in [0.717, 1.165) is 0 Å². The van der Waals surface area contributed by atoms with Crippen LogP contribution in [0.5, 0.6) is 0 Å². The summed E-state index contributed by atoms with van der Waals surface area (Å²) in [6, 6.07) is 7.78. The van der Waals surface area contributed by atoms with E-state index in [9.17, 15) is 14.0 Å². The molecule has 5 nitrogen and oxygen atoms in total. The van der Waals surface area contributed by atoms with E-state index in [1.54, 1.807) is 24.3 Å². The number of halogens is 2. The van der Waals surface area contributed by atoms with E-state index in [2.05, 4.69) is 0 Å². The van der Waals surface area contributed by atoms with Crippen LogP contribution in [0.1, 0.15) is 31.4 Å². The first-order chi connectivity index (χ1) is 13.8. The van der Waals surface area contributed by atoms with E-state index in [-0.39, 0.29) is 17.4 Å². The van der Waals surface area contributed by atoms with Crippen molar-refractivity contribution >= 4 is 57.9 Å². The van der Waals surface area contributed by atoms with Crippen molar-refractivity contribution in [2.45, 2.75) is 25.7 Å². The Balaban J connectivity index is 1.64. The Labute approximate surface area is 181 Å². The van der Waals surface area contributed by atoms with Gasteiger partial charge in [-0.3, -0.25) is 14.5 Å². The highest BCUT2D eigenvalue weighted by atomic mass is 35.5. The van der Waals surface area contributed by atoms with Crippen LogP contribution in [0.4, 0.5) is 4.39 Å². The van der Waals surface area contributed by atoms with Crippen LogP contribution in [0.25, 0.3) is 17.4 Å². The highest BCUT2D eigenvalue weighted by Gasteiger charge is 2.31. The molecule has 152 valence electrons. The van der Waals surface area contributed by atoms with Crippen LogP contribution in [0.15, 0.2) is 39.7 Å². The van der Waals surface area contributed by atoms with E-state index in [0.29, 0.717) is 52.1 Å². The molecule has 1 fully saturated rings. The molecule has 0 unspecified atom stereocenters. The predicted molar refractivity (Wildman–Crippen MR) is 115 cm³/mol. The van der Waals surface area contributed by atoms with Crippen molar-refractivity contribution in [3.05, 3.63) is 51.8 Å². The molecule has 9 heteroatoms. The van der Waals surface area contributed by atoms with Gasteiger partial charge in [-0.2, -0.15) is 0 Å². The molecular weight excluding hydrogens is 437 g/mol. The van der Waals surface area contributed by atoms with E-state index >= 15 is 0 Å². The molecule has 0 bridgehead atoms. The van der Waals surface area contributed by atoms with Crippen molar-refractivity contribution in [3.8, 4) is 11.3 Å². The number of carboxylic acid groups (broad SMARTS) is 1. The van der Waals surface area contributed by atoms with Crippen LogP contribution in [0, 0.1) is 5.82 Å². The number of rotatable bonds is 8. The molecule has 2 aromatic rings. The van der Waals surface area contributed by atoms with Gasteiger partial charge in [-0.15, -0.1) is 0 Å². The minimum absolute atomic E-state index is 0.0344. The fourth-order valence-electron chi connectivity index (χ4n) is 2.78. The van der Waals surface area contributed by atoms with Crippen LogP contribution in [0.2, 0.25) is 5.02 Å². The number of aliphatic carboxylic acids is 1. The van der Waals surface area contributed by atoms with Gasteiger partial charge in [0.1, 0.15) is 21.7 Å². The first-order valence-corrected chi connectivity index (χ1v) is 10.5. The summed E-state index contributed by atoms with van der Waals surface area (Å²) in [5, 5.41) is 8.69. The zero-order chi connectivity index (χ0) is 21.0. The van der Waals surface area contributed by atoms with E-state index in [4.69, 9.17) is 33.3 Å². The van der Waals surface area contributed by atoms with Gasteiger partial charge in [0.05, 0.1) is 9.93 Å². The third-order valence-corrected chi connectivity index (χ3v) is 5.93. The van der Waals surface area contributed by atoms with Crippen molar-refractivity contribution in [3.63, 3.8) is 0 Å². The quantitative estimate of drug-likeness (QED) is 0.319. The van der Waals surface area contributed by atoms with Crippen LogP contribution in [-0.4, -0.2) is 32.7 Å². The number of carboxylic acids is 1. The lowest BCUT2D eigenvalue weighted by atomic mass is 10.2. The van der Waals surface area contributed by atoms with Gasteiger partial charge in [0, 0.05) is 24.6 Å². The normalized spacial score (nSPS) is 15.5. The number of unbranched alkanes of at least 4 members (excludes halogenated alkanes) is 2. The summed E-state index contributed by atoms with van der Waals surface area (Å²) in [7, 11) is 0. The topological polar surface area (TPSA) is 70.8 Å². The van der Waals surface area contributed by atoms with Crippen LogP contribution >= 0.6 is 35.6 Å². The summed E-state index contributed by atoms with van der Waals surface area (Å²) < 4.78 is 19.8. The molecule has 3 rings (SSSR count). The lowest BCUT2D eigenvalue weighted by Crippen LogP contribution is -2.29. The molecular formula is C20H17ClFNO4S2. The van der Waals surface area contributed by atoms with Crippen molar-refractivity contribution in [1.29, 1.82) is 0 Å². The van der Waals surface area contributed by atoms with E-state index < -0.39 is 11.8 Å². The van der Waals surface area contributed by atoms with Gasteiger partial charge in [0.15, 0.2) is 0 Å². The Hall–Kier alpha value is -2.16. The molecule has 29 heavy (non-hydrogen) atoms. The number of amides is 1. The molecule has 1 aliphatic rings. The van der Waals surface area contributed by atoms with Crippen molar-refractivity contribution in [2.24, 2.45) is 0 Å². The molecule has 0 atom stereocenters. The maximum atomic E-state index is 13.6. The van der Waals surface area contributed by atoms with Gasteiger partial charge in [-0.1, -0.05) is 42.0 Å². The number of hydrogen-bond donors (Lipinski definition) is 1. The average molecular weight is 454 g/mol. The van der Waals surface area contributed by atoms with Crippen molar-refractivity contribution < 1.29 is 23.5 Å². The van der Waals surface area contributed by atoms with Gasteiger partial charge in [0.25, 0.3) is 5.91 Å². The molecule has 1 aliphatic heterocycles. The third kappa shape index (κ3) is 5.46. The number of nitrogens with zero attached hydrogens (tertiary/aromatic N) is 1. The Bertz CT molecular complexity index is 989. The summed E-state index contributed by atoms with van der Waals surface area (Å²) in [6.07, 6.45) is 3.69. The van der Waals surface area contributed by atoms with Gasteiger partial charge in [0.2, 0.25) is 0 Å². The number of carbonyl (C=O) groups excluding carboxylic acids is 1. The molecule has 0 radical (unpaired) electrons. The zero-order valence-corrected chi connectivity index (χ0v) is 17.6. The highest BCUT2D eigenvalue weighted by Crippen LogP contribution is 2.34. The molecule has 1 aromatic heterocycles. The Morgan fingerprint density at radius 2 is 2.07 bits per heavy atom. The number of carbonyl (C=O) groups is 2. The second-order valence-electron chi connectivity index (χ2n) is 6.37. The number of thioether (sulfide) groups is 1. The van der Waals surface area contributed by atoms with Gasteiger partial charge in [-0.25, -0.2) is 4.39 Å². The Morgan fingerprint density at radius 3 is 2.79 bits per heavy atom. The van der Waals surface area contributed by atoms with Crippen molar-refractivity contribution in [1.82, 2.24) is 4.90 Å². The van der Waals surface area contributed by atoms with Gasteiger partial charge in [-0.05, 0) is 43.2 Å². The minimum atomic E-state index is -0.822. The fourth-order valence-corrected chi connectivity index (χ4v) is 4.19. The number of hydrogen-bond acceptors (Lipinski definition) is 5. The van der Waals surface area contributed by atoms with Gasteiger partial charge >= 0.3 is 5.97 Å². The third-order valence-electron chi connectivity index (χ3n) is 4.25. The second-order valence-corrected chi connectivity index (χ2v) is 8.45. The van der Waals surface area contributed by atoms with E-state index in [1.807, 2.05) is 0 Å². The Morgan fingerprint density at radius 1 is 1.28 bits per heavy atom. The highest BCUT2D eigenvalue weighted by molar-refractivity contribution is 8.26. The maximum Gasteiger partial charge on any atom is 0.303 e. The molecule has 1 aromatic carbocycles.